The van der Waals surface area contributed by atoms with Crippen molar-refractivity contribution in [3.63, 3.8) is 0 Å². The number of amides is 1. The summed E-state index contributed by atoms with van der Waals surface area (Å²) in [6.07, 6.45) is 1.75. The van der Waals surface area contributed by atoms with E-state index in [1.165, 1.54) is 12.1 Å². The molecule has 0 radical (unpaired) electrons. The maximum atomic E-state index is 13.5. The Kier molecular flexibility index (Phi) is 3.86. The molecule has 23 heavy (non-hydrogen) atoms. The highest BCUT2D eigenvalue weighted by molar-refractivity contribution is 6.30. The third kappa shape index (κ3) is 2.94. The normalized spacial score (nSPS) is 11.7. The average Bonchev–Trinajstić information content (AvgIpc) is 2.90. The smallest absolute Gasteiger partial charge is 0.234 e. The van der Waals surface area contributed by atoms with Crippen molar-refractivity contribution in [2.24, 2.45) is 0 Å². The zero-order chi connectivity index (χ0) is 16.6. The minimum absolute atomic E-state index is 0.190. The lowest BCUT2D eigenvalue weighted by atomic mass is 9.83. The van der Waals surface area contributed by atoms with Crippen molar-refractivity contribution in [2.45, 2.75) is 19.3 Å². The number of hydrogen-bond donors (Lipinski definition) is 2. The Labute approximate surface area is 138 Å². The number of nitrogens with one attached hydrogen (secondary N) is 2. The van der Waals surface area contributed by atoms with Gasteiger partial charge in [0, 0.05) is 27.8 Å². The van der Waals surface area contributed by atoms with Gasteiger partial charge in [0.05, 0.1) is 5.41 Å². The molecule has 118 valence electrons. The van der Waals surface area contributed by atoms with Gasteiger partial charge in [-0.2, -0.15) is 0 Å². The van der Waals surface area contributed by atoms with Crippen molar-refractivity contribution >= 4 is 34.1 Å². The Bertz CT molecular complexity index is 886. The Morgan fingerprint density at radius 1 is 1.22 bits per heavy atom. The van der Waals surface area contributed by atoms with Crippen LogP contribution in [-0.2, 0) is 10.2 Å². The standard InChI is InChI=1S/C18H16ClFN2O/c1-18(2,17(23)22-13-5-3-4-11(19)8-13)15-10-21-16-7-6-12(20)9-14(15)16/h3-10,21H,1-2H3,(H,22,23). The summed E-state index contributed by atoms with van der Waals surface area (Å²) in [5, 5.41) is 4.12. The number of carbonyl (C=O) groups excluding carboxylic acids is 1. The first kappa shape index (κ1) is 15.6. The molecule has 2 N–H and O–H groups in total. The van der Waals surface area contributed by atoms with Crippen molar-refractivity contribution in [1.29, 1.82) is 0 Å². The minimum atomic E-state index is -0.839. The van der Waals surface area contributed by atoms with E-state index in [2.05, 4.69) is 10.3 Å². The van der Waals surface area contributed by atoms with Crippen LogP contribution < -0.4 is 5.32 Å². The second kappa shape index (κ2) is 5.70. The number of fused-ring (bicyclic) bond motifs is 1. The summed E-state index contributed by atoms with van der Waals surface area (Å²) >= 11 is 5.94. The number of H-pyrrole nitrogens is 1. The van der Waals surface area contributed by atoms with Crippen molar-refractivity contribution in [2.75, 3.05) is 5.32 Å². The summed E-state index contributed by atoms with van der Waals surface area (Å²) in [6, 6.07) is 11.5. The Hall–Kier alpha value is -2.33. The Morgan fingerprint density at radius 2 is 2.00 bits per heavy atom. The fourth-order valence-corrected chi connectivity index (χ4v) is 2.78. The fourth-order valence-electron chi connectivity index (χ4n) is 2.59. The van der Waals surface area contributed by atoms with Gasteiger partial charge in [0.15, 0.2) is 0 Å². The summed E-state index contributed by atoms with van der Waals surface area (Å²) in [4.78, 5) is 15.8. The number of aromatic nitrogens is 1. The highest BCUT2D eigenvalue weighted by Gasteiger charge is 2.32. The van der Waals surface area contributed by atoms with Crippen molar-refractivity contribution in [3.8, 4) is 0 Å². The molecule has 0 aliphatic carbocycles. The van der Waals surface area contributed by atoms with Gasteiger partial charge in [0.25, 0.3) is 0 Å². The molecule has 0 bridgehead atoms. The van der Waals surface area contributed by atoms with Gasteiger partial charge in [-0.3, -0.25) is 4.79 Å². The molecule has 0 saturated heterocycles. The average molecular weight is 331 g/mol. The van der Waals surface area contributed by atoms with Crippen LogP contribution in [0, 0.1) is 5.82 Å². The first-order chi connectivity index (χ1) is 10.9. The number of anilines is 1. The van der Waals surface area contributed by atoms with Crippen LogP contribution in [0.4, 0.5) is 10.1 Å². The third-order valence-electron chi connectivity index (χ3n) is 3.97. The topological polar surface area (TPSA) is 44.9 Å². The molecule has 3 rings (SSSR count). The van der Waals surface area contributed by atoms with Crippen LogP contribution in [0.15, 0.2) is 48.7 Å². The quantitative estimate of drug-likeness (QED) is 0.706. The van der Waals surface area contributed by atoms with Gasteiger partial charge < -0.3 is 10.3 Å². The first-order valence-corrected chi connectivity index (χ1v) is 7.60. The van der Waals surface area contributed by atoms with E-state index >= 15 is 0 Å². The van der Waals surface area contributed by atoms with Gasteiger partial charge in [-0.15, -0.1) is 0 Å². The van der Waals surface area contributed by atoms with E-state index in [4.69, 9.17) is 11.6 Å². The maximum absolute atomic E-state index is 13.5. The molecule has 0 atom stereocenters. The Balaban J connectivity index is 1.96. The van der Waals surface area contributed by atoms with Crippen LogP contribution >= 0.6 is 11.6 Å². The molecule has 0 saturated carbocycles. The number of halogens is 2. The fraction of sp³-hybridized carbons (Fsp3) is 0.167. The lowest BCUT2D eigenvalue weighted by molar-refractivity contribution is -0.120. The molecule has 0 spiro atoms. The van der Waals surface area contributed by atoms with E-state index in [0.29, 0.717) is 16.1 Å². The minimum Gasteiger partial charge on any atom is -0.361 e. The largest absolute Gasteiger partial charge is 0.361 e. The lowest BCUT2D eigenvalue weighted by Crippen LogP contribution is -2.34. The van der Waals surface area contributed by atoms with Crippen LogP contribution in [0.2, 0.25) is 5.02 Å². The summed E-state index contributed by atoms with van der Waals surface area (Å²) in [5.41, 5.74) is 1.33. The summed E-state index contributed by atoms with van der Waals surface area (Å²) in [7, 11) is 0. The van der Waals surface area contributed by atoms with Gasteiger partial charge in [0.1, 0.15) is 5.82 Å². The lowest BCUT2D eigenvalue weighted by Gasteiger charge is -2.23. The molecule has 0 aliphatic rings. The summed E-state index contributed by atoms with van der Waals surface area (Å²) in [6.45, 7) is 3.61. The van der Waals surface area contributed by atoms with Gasteiger partial charge in [-0.1, -0.05) is 17.7 Å². The van der Waals surface area contributed by atoms with Gasteiger partial charge in [-0.25, -0.2) is 4.39 Å². The van der Waals surface area contributed by atoms with Crippen molar-refractivity contribution in [1.82, 2.24) is 4.98 Å². The van der Waals surface area contributed by atoms with E-state index in [9.17, 15) is 9.18 Å². The van der Waals surface area contributed by atoms with E-state index < -0.39 is 5.41 Å². The van der Waals surface area contributed by atoms with E-state index in [1.54, 1.807) is 50.4 Å². The van der Waals surface area contributed by atoms with Crippen LogP contribution in [0.5, 0.6) is 0 Å². The molecule has 1 amide bonds. The molecule has 0 unspecified atom stereocenters. The highest BCUT2D eigenvalue weighted by atomic mass is 35.5. The van der Waals surface area contributed by atoms with E-state index in [0.717, 1.165) is 11.1 Å². The van der Waals surface area contributed by atoms with Gasteiger partial charge in [-0.05, 0) is 55.8 Å². The highest BCUT2D eigenvalue weighted by Crippen LogP contribution is 2.32. The van der Waals surface area contributed by atoms with Crippen molar-refractivity contribution in [3.05, 3.63) is 65.1 Å². The summed E-state index contributed by atoms with van der Waals surface area (Å²) < 4.78 is 13.5. The molecular weight excluding hydrogens is 315 g/mol. The van der Waals surface area contributed by atoms with E-state index in [-0.39, 0.29) is 11.7 Å². The Morgan fingerprint density at radius 3 is 2.74 bits per heavy atom. The third-order valence-corrected chi connectivity index (χ3v) is 4.20. The van der Waals surface area contributed by atoms with Crippen molar-refractivity contribution < 1.29 is 9.18 Å². The second-order valence-electron chi connectivity index (χ2n) is 5.98. The summed E-state index contributed by atoms with van der Waals surface area (Å²) in [5.74, 6) is -0.519. The first-order valence-electron chi connectivity index (χ1n) is 7.22. The number of rotatable bonds is 3. The number of aromatic amines is 1. The maximum Gasteiger partial charge on any atom is 0.234 e. The molecule has 2 aromatic carbocycles. The zero-order valence-electron chi connectivity index (χ0n) is 12.8. The molecule has 0 fully saturated rings. The van der Waals surface area contributed by atoms with E-state index in [1.807, 2.05) is 0 Å². The molecule has 1 heterocycles. The molecule has 3 aromatic rings. The predicted octanol–water partition coefficient (Wildman–Crippen LogP) is 4.88. The van der Waals surface area contributed by atoms with Gasteiger partial charge in [0.2, 0.25) is 5.91 Å². The van der Waals surface area contributed by atoms with Crippen LogP contribution in [0.3, 0.4) is 0 Å². The molecular formula is C18H16ClFN2O. The van der Waals surface area contributed by atoms with Gasteiger partial charge >= 0.3 is 0 Å². The van der Waals surface area contributed by atoms with Crippen LogP contribution in [0.25, 0.3) is 10.9 Å². The molecule has 3 nitrogen and oxygen atoms in total. The molecule has 0 aliphatic heterocycles. The number of benzene rings is 2. The molecule has 1 aromatic heterocycles. The zero-order valence-corrected chi connectivity index (χ0v) is 13.5. The molecule has 5 heteroatoms. The monoisotopic (exact) mass is 330 g/mol. The number of hydrogen-bond acceptors (Lipinski definition) is 1. The predicted molar refractivity (Wildman–Crippen MR) is 91.4 cm³/mol. The second-order valence-corrected chi connectivity index (χ2v) is 6.42. The number of carbonyl (C=O) groups is 1. The van der Waals surface area contributed by atoms with Crippen LogP contribution in [-0.4, -0.2) is 10.9 Å². The SMILES string of the molecule is CC(C)(C(=O)Nc1cccc(Cl)c1)c1c[nH]c2ccc(F)cc12. The van der Waals surface area contributed by atoms with Crippen LogP contribution in [0.1, 0.15) is 19.4 Å².